The molecule has 2 aromatic rings. The number of benzene rings is 2. The number of nitrogens with one attached hydrogen (secondary N) is 1. The molecule has 6 heteroatoms. The molecule has 0 saturated carbocycles. The van der Waals surface area contributed by atoms with Gasteiger partial charge >= 0.3 is 5.97 Å². The zero-order valence-corrected chi connectivity index (χ0v) is 16.6. The normalized spacial score (nSPS) is 12.0. The lowest BCUT2D eigenvalue weighted by Crippen LogP contribution is -2.31. The molecule has 144 valence electrons. The molecule has 2 aromatic carbocycles. The number of carbonyl (C=O) groups excluding carboxylic acids is 2. The first-order valence-corrected chi connectivity index (χ1v) is 9.11. The minimum Gasteiger partial charge on any atom is -0.452 e. The molecule has 0 unspecified atom stereocenters. The van der Waals surface area contributed by atoms with Crippen molar-refractivity contribution in [1.29, 1.82) is 0 Å². The van der Waals surface area contributed by atoms with E-state index in [9.17, 15) is 14.0 Å². The van der Waals surface area contributed by atoms with Crippen LogP contribution >= 0.6 is 11.6 Å². The fourth-order valence-corrected chi connectivity index (χ4v) is 2.93. The van der Waals surface area contributed by atoms with Crippen molar-refractivity contribution >= 4 is 29.2 Å². The van der Waals surface area contributed by atoms with Gasteiger partial charge in [-0.2, -0.15) is 0 Å². The van der Waals surface area contributed by atoms with Crippen LogP contribution in [-0.2, 0) is 20.7 Å². The fraction of sp³-hybridized carbons (Fsp3) is 0.333. The first-order valence-electron chi connectivity index (χ1n) is 8.73. The summed E-state index contributed by atoms with van der Waals surface area (Å²) in [5, 5.41) is 2.98. The van der Waals surface area contributed by atoms with E-state index in [1.165, 1.54) is 25.1 Å². The molecule has 0 fully saturated rings. The Morgan fingerprint density at radius 2 is 1.81 bits per heavy atom. The Hall–Kier alpha value is -2.40. The lowest BCUT2D eigenvalue weighted by molar-refractivity contribution is -0.152. The van der Waals surface area contributed by atoms with E-state index in [0.717, 1.165) is 16.8 Å². The molecule has 27 heavy (non-hydrogen) atoms. The van der Waals surface area contributed by atoms with Gasteiger partial charge in [-0.3, -0.25) is 9.59 Å². The van der Waals surface area contributed by atoms with Crippen LogP contribution in [0.4, 0.5) is 10.1 Å². The highest BCUT2D eigenvalue weighted by Crippen LogP contribution is 2.27. The van der Waals surface area contributed by atoms with Gasteiger partial charge in [-0.1, -0.05) is 49.7 Å². The van der Waals surface area contributed by atoms with Gasteiger partial charge in [-0.05, 0) is 43.0 Å². The van der Waals surface area contributed by atoms with Crippen molar-refractivity contribution in [2.24, 2.45) is 0 Å². The number of esters is 1. The average molecular weight is 392 g/mol. The van der Waals surface area contributed by atoms with Crippen LogP contribution in [-0.4, -0.2) is 18.0 Å². The van der Waals surface area contributed by atoms with Crippen molar-refractivity contribution in [3.05, 3.63) is 63.9 Å². The molecule has 0 aliphatic carbocycles. The van der Waals surface area contributed by atoms with Gasteiger partial charge in [-0.15, -0.1) is 0 Å². The van der Waals surface area contributed by atoms with Crippen LogP contribution in [0.3, 0.4) is 0 Å². The maximum atomic E-state index is 13.8. The zero-order valence-electron chi connectivity index (χ0n) is 15.8. The highest BCUT2D eigenvalue weighted by Gasteiger charge is 2.22. The molecule has 2 rings (SSSR count). The highest BCUT2D eigenvalue weighted by molar-refractivity contribution is 6.31. The SMILES string of the molecule is Cc1cccc(C(C)C)c1NC(=O)[C@H](C)OC(=O)Cc1c(F)cccc1Cl. The van der Waals surface area contributed by atoms with Gasteiger partial charge in [0.15, 0.2) is 6.10 Å². The van der Waals surface area contributed by atoms with E-state index in [0.29, 0.717) is 0 Å². The first kappa shape index (κ1) is 20.9. The quantitative estimate of drug-likeness (QED) is 0.703. The molecule has 0 heterocycles. The average Bonchev–Trinajstić information content (AvgIpc) is 2.59. The summed E-state index contributed by atoms with van der Waals surface area (Å²) in [5.41, 5.74) is 2.70. The Balaban J connectivity index is 2.05. The number of hydrogen-bond acceptors (Lipinski definition) is 3. The van der Waals surface area contributed by atoms with Crippen LogP contribution < -0.4 is 5.32 Å². The summed E-state index contributed by atoms with van der Waals surface area (Å²) in [6.07, 6.45) is -1.37. The predicted molar refractivity (Wildman–Crippen MR) is 105 cm³/mol. The van der Waals surface area contributed by atoms with Crippen molar-refractivity contribution in [1.82, 2.24) is 0 Å². The Morgan fingerprint density at radius 1 is 1.15 bits per heavy atom. The van der Waals surface area contributed by atoms with Crippen molar-refractivity contribution in [2.45, 2.75) is 46.1 Å². The van der Waals surface area contributed by atoms with E-state index < -0.39 is 23.8 Å². The van der Waals surface area contributed by atoms with Crippen LogP contribution in [0.15, 0.2) is 36.4 Å². The number of ether oxygens (including phenoxy) is 1. The summed E-state index contributed by atoms with van der Waals surface area (Å²) in [6, 6.07) is 9.95. The summed E-state index contributed by atoms with van der Waals surface area (Å²) in [7, 11) is 0. The second kappa shape index (κ2) is 9.00. The minimum atomic E-state index is -1.03. The molecule has 0 radical (unpaired) electrons. The van der Waals surface area contributed by atoms with Gasteiger partial charge in [0.1, 0.15) is 5.82 Å². The third-order valence-corrected chi connectivity index (χ3v) is 4.59. The Labute approximate surface area is 163 Å². The molecule has 1 N–H and O–H groups in total. The molecule has 0 spiro atoms. The van der Waals surface area contributed by atoms with Crippen LogP contribution in [0.1, 0.15) is 43.4 Å². The second-order valence-electron chi connectivity index (χ2n) is 6.69. The Morgan fingerprint density at radius 3 is 2.44 bits per heavy atom. The van der Waals surface area contributed by atoms with E-state index in [1.807, 2.05) is 39.0 Å². The number of amides is 1. The lowest BCUT2D eigenvalue weighted by atomic mass is 9.98. The molecule has 1 amide bonds. The number of halogens is 2. The first-order chi connectivity index (χ1) is 12.7. The molecule has 0 aliphatic rings. The lowest BCUT2D eigenvalue weighted by Gasteiger charge is -2.19. The molecule has 0 bridgehead atoms. The minimum absolute atomic E-state index is 0.0535. The van der Waals surface area contributed by atoms with Crippen LogP contribution in [0, 0.1) is 12.7 Å². The largest absolute Gasteiger partial charge is 0.452 e. The van der Waals surface area contributed by atoms with E-state index in [4.69, 9.17) is 16.3 Å². The van der Waals surface area contributed by atoms with E-state index in [2.05, 4.69) is 5.32 Å². The van der Waals surface area contributed by atoms with Crippen molar-refractivity contribution in [2.75, 3.05) is 5.32 Å². The predicted octanol–water partition coefficient (Wildman–Crippen LogP) is 5.02. The number of anilines is 1. The third kappa shape index (κ3) is 5.30. The van der Waals surface area contributed by atoms with Crippen molar-refractivity contribution in [3.63, 3.8) is 0 Å². The Bertz CT molecular complexity index is 831. The van der Waals surface area contributed by atoms with Gasteiger partial charge in [-0.25, -0.2) is 4.39 Å². The van der Waals surface area contributed by atoms with Crippen LogP contribution in [0.5, 0.6) is 0 Å². The van der Waals surface area contributed by atoms with Gasteiger partial charge in [0, 0.05) is 16.3 Å². The van der Waals surface area contributed by atoms with Gasteiger partial charge in [0.2, 0.25) is 0 Å². The standard InChI is InChI=1S/C21H23ClFNO3/c1-12(2)15-8-5-7-13(3)20(15)24-21(26)14(4)27-19(25)11-16-17(22)9-6-10-18(16)23/h5-10,12,14H,11H2,1-4H3,(H,24,26)/t14-/m0/s1. The Kier molecular flexibility index (Phi) is 6.97. The smallest absolute Gasteiger partial charge is 0.311 e. The summed E-state index contributed by atoms with van der Waals surface area (Å²) in [6.45, 7) is 7.44. The molecule has 0 saturated heterocycles. The van der Waals surface area contributed by atoms with Crippen molar-refractivity contribution < 1.29 is 18.7 Å². The van der Waals surface area contributed by atoms with Gasteiger partial charge in [0.05, 0.1) is 6.42 Å². The van der Waals surface area contributed by atoms with E-state index in [1.54, 1.807) is 0 Å². The van der Waals surface area contributed by atoms with Gasteiger partial charge in [0.25, 0.3) is 5.91 Å². The summed E-state index contributed by atoms with van der Waals surface area (Å²) in [4.78, 5) is 24.6. The summed E-state index contributed by atoms with van der Waals surface area (Å²) >= 11 is 5.92. The van der Waals surface area contributed by atoms with Crippen LogP contribution in [0.25, 0.3) is 0 Å². The summed E-state index contributed by atoms with van der Waals surface area (Å²) < 4.78 is 18.9. The topological polar surface area (TPSA) is 55.4 Å². The highest BCUT2D eigenvalue weighted by atomic mass is 35.5. The van der Waals surface area contributed by atoms with Crippen molar-refractivity contribution in [3.8, 4) is 0 Å². The zero-order chi connectivity index (χ0) is 20.1. The van der Waals surface area contributed by atoms with E-state index >= 15 is 0 Å². The molecule has 4 nitrogen and oxygen atoms in total. The van der Waals surface area contributed by atoms with E-state index in [-0.39, 0.29) is 22.9 Å². The molecule has 1 atom stereocenters. The molecular formula is C21H23ClFNO3. The number of para-hydroxylation sites is 1. The number of rotatable bonds is 6. The maximum absolute atomic E-state index is 13.8. The molecule has 0 aliphatic heterocycles. The number of hydrogen-bond donors (Lipinski definition) is 1. The third-order valence-electron chi connectivity index (χ3n) is 4.24. The number of carbonyl (C=O) groups is 2. The molecule has 0 aromatic heterocycles. The maximum Gasteiger partial charge on any atom is 0.311 e. The second-order valence-corrected chi connectivity index (χ2v) is 7.10. The van der Waals surface area contributed by atoms with Gasteiger partial charge < -0.3 is 10.1 Å². The fourth-order valence-electron chi connectivity index (χ4n) is 2.71. The molecular weight excluding hydrogens is 369 g/mol. The monoisotopic (exact) mass is 391 g/mol. The summed E-state index contributed by atoms with van der Waals surface area (Å²) in [5.74, 6) is -1.53. The number of aryl methyl sites for hydroxylation is 1. The van der Waals surface area contributed by atoms with Crippen LogP contribution in [0.2, 0.25) is 5.02 Å².